The SMILES string of the molecule is CCC(C)[C@H](NC(=O)[C@H](CCCCN)NC(=O)[C@@H](NC(=O)[C@H](CCC(N)=O)NC(=O)[C@H](CCCN=C(N)N)NC(=O)[C@@H](N)CSC1CC(=O)N(CCC(=O)O[C@@H](C(=O)O[C@H]2C[C@@]3(O)[C@@H](OC(=O)c4ccccc4)C4[C@](C)(C(=O)[C@H](OC(C)=O)C(=C2C)C3(C)C)[C@@H](O)C[C@H]2OC[C@@]42OC(C)=O)[C@@H](NC(=O)c2ccccc2)c2ccccc2)C1=O)C(C)CC)C(=O)NC. The maximum atomic E-state index is 16.1. The molecule has 20 atom stereocenters. The Morgan fingerprint density at radius 3 is 1.79 bits per heavy atom. The Bertz CT molecular complexity index is 4560. The number of aliphatic hydroxyl groups excluding tert-OH is 1. The first-order valence-corrected chi connectivity index (χ1v) is 43.3. The summed E-state index contributed by atoms with van der Waals surface area (Å²) in [4.78, 5) is 232. The van der Waals surface area contributed by atoms with Crippen molar-refractivity contribution in [2.45, 2.75) is 248 Å². The van der Waals surface area contributed by atoms with Crippen LogP contribution in [0.4, 0.5) is 0 Å². The molecule has 8 rings (SSSR count). The molecule has 38 nitrogen and oxygen atoms in total. The number of likely N-dealkylation sites (N-methyl/N-ethyl adjacent to an activating group) is 1. The fourth-order valence-corrected chi connectivity index (χ4v) is 18.1. The molecule has 2 aliphatic heterocycles. The Hall–Kier alpha value is -11.3. The van der Waals surface area contributed by atoms with Crippen molar-refractivity contribution < 1.29 is 115 Å². The number of unbranched alkanes of at least 4 members (excludes halogenated alkanes) is 1. The van der Waals surface area contributed by atoms with Gasteiger partial charge in [-0.05, 0) is 112 Å². The van der Waals surface area contributed by atoms with Crippen LogP contribution >= 0.6 is 11.8 Å². The second-order valence-corrected chi connectivity index (χ2v) is 34.6. The van der Waals surface area contributed by atoms with Crippen molar-refractivity contribution in [1.29, 1.82) is 0 Å². The summed E-state index contributed by atoms with van der Waals surface area (Å²) in [6.07, 6.45) is -12.6. The van der Waals surface area contributed by atoms with Crippen LogP contribution in [0.3, 0.4) is 0 Å². The number of Topliss-reactive ketones (excluding diaryl/α,β-unsaturated/α-hetero) is 1. The number of imide groups is 1. The molecule has 0 aromatic heterocycles. The number of rotatable bonds is 43. The zero-order valence-corrected chi connectivity index (χ0v) is 73.6. The minimum Gasteiger partial charge on any atom is -0.455 e. The molecule has 3 aromatic carbocycles. The Balaban J connectivity index is 1.03. The number of carbonyl (C=O) groups is 16. The van der Waals surface area contributed by atoms with E-state index in [-0.39, 0.29) is 84.2 Å². The van der Waals surface area contributed by atoms with Gasteiger partial charge in [0, 0.05) is 76.4 Å². The van der Waals surface area contributed by atoms with Gasteiger partial charge in [0.05, 0.1) is 47.3 Å². The normalized spacial score (nSPS) is 24.6. The van der Waals surface area contributed by atoms with Gasteiger partial charge in [0.1, 0.15) is 60.2 Å². The van der Waals surface area contributed by atoms with Crippen molar-refractivity contribution in [3.8, 4) is 0 Å². The average molecular weight is 1780 g/mol. The number of amides is 10. The van der Waals surface area contributed by atoms with E-state index in [9.17, 15) is 77.3 Å². The molecule has 2 heterocycles. The molecule has 2 saturated heterocycles. The highest BCUT2D eigenvalue weighted by Gasteiger charge is 2.78. The van der Waals surface area contributed by atoms with Gasteiger partial charge in [-0.2, -0.15) is 0 Å². The smallest absolute Gasteiger partial charge is 0.350 e. The summed E-state index contributed by atoms with van der Waals surface area (Å²) in [7, 11) is 1.42. The minimum absolute atomic E-state index is 0.0112. The van der Waals surface area contributed by atoms with Gasteiger partial charge in [0.25, 0.3) is 5.91 Å². The lowest BCUT2D eigenvalue weighted by molar-refractivity contribution is -0.346. The number of aliphatic hydroxyl groups is 2. The van der Waals surface area contributed by atoms with E-state index in [2.05, 4.69) is 42.2 Å². The van der Waals surface area contributed by atoms with Crippen LogP contribution in [0.1, 0.15) is 185 Å². The van der Waals surface area contributed by atoms with Gasteiger partial charge in [0.2, 0.25) is 59.3 Å². The maximum absolute atomic E-state index is 16.1. The second kappa shape index (κ2) is 44.3. The molecule has 2 bridgehead atoms. The standard InChI is InChI=1S/C87H120N14O24S/c1-12-45(3)65(78(114)93-11)98-76(112)54(32-23-24-37-88)97-79(115)66(46(4)13-2)99-77(113)56(34-35-61(90)105)96-75(111)55(33-25-38-94-83(91)92)95-74(110)53(89)43-126-58-40-62(106)101(80(58)116)39-36-63(107)123-69(67(50-26-17-14-18-27-50)100-73(109)51-28-19-15-20-29-51)82(118)122-57-42-87(119)72(124-81(117)52-30-21-16-22-31-52)70-85(10,59(104)41-60-86(70,44-120-60)125-49(7)103)71(108)68(121-48(6)102)64(47(57)5)84(87,8)9/h14-22,26-31,45-46,53-60,65-70,72,104,119H,12-13,23-25,32-44,88-89H2,1-11H3,(H2,90,105)(H,93,114)(H,95,110)(H,96,111)(H,97,115)(H,98,112)(H,99,113)(H,100,109)(H4,91,92,94)/t45?,46?,53-,54-,55-,56-,57-,58?,59-,60+,65-,66-,67-,68+,69+,70?,72-,85+,86-,87+/m0/s1. The molecule has 688 valence electrons. The average Bonchev–Trinajstić information content (AvgIpc) is 1.03. The van der Waals surface area contributed by atoms with E-state index >= 15 is 9.59 Å². The molecular weight excluding hydrogens is 1660 g/mol. The number of esters is 5. The lowest BCUT2D eigenvalue weighted by Crippen LogP contribution is -2.82. The molecule has 0 spiro atoms. The molecule has 19 N–H and O–H groups in total. The summed E-state index contributed by atoms with van der Waals surface area (Å²) in [6.45, 7) is 13.9. The van der Waals surface area contributed by atoms with Crippen LogP contribution in [0.15, 0.2) is 107 Å². The van der Waals surface area contributed by atoms with E-state index in [0.717, 1.165) is 30.5 Å². The number of likely N-dealkylation sites (tertiary alicyclic amines) is 1. The quantitative estimate of drug-likeness (QED) is 0.00700. The third-order valence-electron chi connectivity index (χ3n) is 24.6. The van der Waals surface area contributed by atoms with E-state index in [1.165, 1.54) is 83.3 Å². The predicted octanol–water partition coefficient (Wildman–Crippen LogP) is 0.575. The highest BCUT2D eigenvalue weighted by atomic mass is 32.2. The summed E-state index contributed by atoms with van der Waals surface area (Å²) in [5.41, 5.74) is 20.3. The van der Waals surface area contributed by atoms with Gasteiger partial charge in [-0.3, -0.25) is 77.0 Å². The number of ether oxygens (including phenoxy) is 6. The topological polar surface area (TPSA) is 599 Å². The molecule has 5 aliphatic rings. The number of benzene rings is 3. The van der Waals surface area contributed by atoms with Crippen molar-refractivity contribution in [3.05, 3.63) is 119 Å². The first-order chi connectivity index (χ1) is 59.5. The fourth-order valence-electron chi connectivity index (χ4n) is 17.0. The van der Waals surface area contributed by atoms with Gasteiger partial charge >= 0.3 is 29.8 Å². The van der Waals surface area contributed by atoms with Crippen LogP contribution in [0.25, 0.3) is 0 Å². The number of nitrogens with zero attached hydrogens (tertiary/aromatic N) is 2. The van der Waals surface area contributed by atoms with Crippen molar-refractivity contribution in [2.24, 2.45) is 62.2 Å². The number of thioether (sulfide) groups is 1. The Morgan fingerprint density at radius 1 is 0.683 bits per heavy atom. The van der Waals surface area contributed by atoms with Gasteiger partial charge in [0.15, 0.2) is 23.4 Å². The summed E-state index contributed by atoms with van der Waals surface area (Å²) >= 11 is 0.782. The van der Waals surface area contributed by atoms with Crippen molar-refractivity contribution in [1.82, 2.24) is 42.1 Å². The number of hydrogen-bond donors (Lipinski definition) is 14. The van der Waals surface area contributed by atoms with Gasteiger partial charge in [-0.1, -0.05) is 121 Å². The third kappa shape index (κ3) is 23.5. The van der Waals surface area contributed by atoms with Crippen LogP contribution < -0.4 is 65.9 Å². The molecule has 39 heteroatoms. The summed E-state index contributed by atoms with van der Waals surface area (Å²) in [5.74, 6) is -18.1. The van der Waals surface area contributed by atoms with Crippen molar-refractivity contribution >= 4 is 112 Å². The number of aliphatic imine (C=N–C) groups is 1. The zero-order chi connectivity index (χ0) is 93.0. The van der Waals surface area contributed by atoms with Crippen LogP contribution in [0.5, 0.6) is 0 Å². The van der Waals surface area contributed by atoms with Gasteiger partial charge in [-0.15, -0.1) is 11.8 Å². The second-order valence-electron chi connectivity index (χ2n) is 33.4. The number of guanidine groups is 1. The van der Waals surface area contributed by atoms with E-state index in [4.69, 9.17) is 57.1 Å². The third-order valence-corrected chi connectivity index (χ3v) is 25.9. The summed E-state index contributed by atoms with van der Waals surface area (Å²) < 4.78 is 37.2. The number of hydrogen-bond acceptors (Lipinski definition) is 28. The summed E-state index contributed by atoms with van der Waals surface area (Å²) in [6, 6.07) is 13.1. The number of carbonyl (C=O) groups excluding carboxylic acids is 16. The lowest BCUT2D eigenvalue weighted by Gasteiger charge is -2.67. The van der Waals surface area contributed by atoms with Crippen LogP contribution in [-0.2, 0) is 95.5 Å². The fraction of sp³-hybridized carbons (Fsp3) is 0.575. The highest BCUT2D eigenvalue weighted by Crippen LogP contribution is 2.65. The molecule has 10 amide bonds. The predicted molar refractivity (Wildman–Crippen MR) is 456 cm³/mol. The first kappa shape index (κ1) is 100. The van der Waals surface area contributed by atoms with Crippen molar-refractivity contribution in [3.63, 3.8) is 0 Å². The number of fused-ring (bicyclic) bond motifs is 5. The molecule has 3 aliphatic carbocycles. The van der Waals surface area contributed by atoms with E-state index < -0.39 is 258 Å². The van der Waals surface area contributed by atoms with E-state index in [1.54, 1.807) is 63.2 Å². The number of nitrogens with one attached hydrogen (secondary N) is 7. The highest BCUT2D eigenvalue weighted by molar-refractivity contribution is 8.00. The Kier molecular flexibility index (Phi) is 35.2. The molecule has 2 saturated carbocycles. The van der Waals surface area contributed by atoms with E-state index in [0.29, 0.717) is 25.7 Å². The monoisotopic (exact) mass is 1780 g/mol. The van der Waals surface area contributed by atoms with Crippen LogP contribution in [-0.4, -0.2) is 244 Å². The zero-order valence-electron chi connectivity index (χ0n) is 72.8. The number of ketones is 1. The summed E-state index contributed by atoms with van der Waals surface area (Å²) in [5, 5.41) is 44.1. The minimum atomic E-state index is -2.63. The number of nitrogens with two attached hydrogens (primary N) is 5. The number of primary amides is 1. The molecule has 4 unspecified atom stereocenters. The maximum Gasteiger partial charge on any atom is 0.350 e. The van der Waals surface area contributed by atoms with Gasteiger partial charge in [-0.25, -0.2) is 9.59 Å². The van der Waals surface area contributed by atoms with Crippen molar-refractivity contribution in [2.75, 3.05) is 39.0 Å². The Morgan fingerprint density at radius 2 is 1.24 bits per heavy atom. The van der Waals surface area contributed by atoms with Crippen LogP contribution in [0, 0.1) is 28.6 Å². The largest absolute Gasteiger partial charge is 0.455 e. The lowest BCUT2D eigenvalue weighted by atomic mass is 9.44. The Labute approximate surface area is 734 Å². The molecule has 126 heavy (non-hydrogen) atoms. The van der Waals surface area contributed by atoms with Gasteiger partial charge < -0.3 is 105 Å². The first-order valence-electron chi connectivity index (χ1n) is 42.2. The van der Waals surface area contributed by atoms with Crippen LogP contribution in [0.2, 0.25) is 0 Å². The molecule has 4 fully saturated rings. The molecule has 0 radical (unpaired) electrons. The van der Waals surface area contributed by atoms with E-state index in [1.807, 2.05) is 6.92 Å². The molecule has 3 aromatic rings. The molecular formula is C87H120N14O24S.